The van der Waals surface area contributed by atoms with Crippen LogP contribution in [0.1, 0.15) is 11.1 Å². The van der Waals surface area contributed by atoms with Crippen molar-refractivity contribution in [2.75, 3.05) is 24.7 Å². The number of hydrogen-bond donors (Lipinski definition) is 0. The van der Waals surface area contributed by atoms with Gasteiger partial charge in [-0.3, -0.25) is 4.57 Å². The average molecular weight is 469 g/mol. The standard InChI is InChI=1S/C23H18ClFN4O4/c24-18-3-2-17(8-19(18)25)33-20-4-1-14(7-15(20)10-26)12-32-21-9-22-28-5-6-31-13-16(28)11-29(22)23(30)27-21/h1-4,7-9,16H,5-6,11-13H2. The van der Waals surface area contributed by atoms with E-state index in [1.807, 2.05) is 0 Å². The number of morpholine rings is 1. The van der Waals surface area contributed by atoms with Crippen LogP contribution in [0.5, 0.6) is 17.4 Å². The lowest BCUT2D eigenvalue weighted by molar-refractivity contribution is 0.0956. The summed E-state index contributed by atoms with van der Waals surface area (Å²) in [5.41, 5.74) is 0.575. The number of anilines is 1. The summed E-state index contributed by atoms with van der Waals surface area (Å²) in [6.07, 6.45) is 0. The summed E-state index contributed by atoms with van der Waals surface area (Å²) in [5.74, 6) is 0.875. The number of benzene rings is 2. The SMILES string of the molecule is N#Cc1cc(COc2cc3n(c(=O)n2)CC2COCCN32)ccc1Oc1ccc(Cl)c(F)c1. The molecule has 2 aliphatic rings. The molecule has 168 valence electrons. The normalized spacial score (nSPS) is 16.6. The third kappa shape index (κ3) is 4.23. The first kappa shape index (κ1) is 21.2. The van der Waals surface area contributed by atoms with E-state index in [2.05, 4.69) is 16.0 Å². The van der Waals surface area contributed by atoms with Gasteiger partial charge in [-0.25, -0.2) is 9.18 Å². The molecule has 3 heterocycles. The largest absolute Gasteiger partial charge is 0.473 e. The van der Waals surface area contributed by atoms with E-state index in [0.29, 0.717) is 31.9 Å². The number of rotatable bonds is 5. The molecule has 1 fully saturated rings. The van der Waals surface area contributed by atoms with Crippen molar-refractivity contribution in [1.29, 1.82) is 5.26 Å². The number of aromatic nitrogens is 2. The quantitative estimate of drug-likeness (QED) is 0.566. The maximum atomic E-state index is 13.7. The number of fused-ring (bicyclic) bond motifs is 3. The van der Waals surface area contributed by atoms with Gasteiger partial charge in [0.1, 0.15) is 35.8 Å². The smallest absolute Gasteiger partial charge is 0.352 e. The summed E-state index contributed by atoms with van der Waals surface area (Å²) in [7, 11) is 0. The average Bonchev–Trinajstić information content (AvgIpc) is 3.20. The highest BCUT2D eigenvalue weighted by molar-refractivity contribution is 6.30. The summed E-state index contributed by atoms with van der Waals surface area (Å²) in [5, 5.41) is 9.50. The lowest BCUT2D eigenvalue weighted by Gasteiger charge is -2.30. The molecule has 1 unspecified atom stereocenters. The van der Waals surface area contributed by atoms with Crippen molar-refractivity contribution < 1.29 is 18.6 Å². The third-order valence-electron chi connectivity index (χ3n) is 5.55. The van der Waals surface area contributed by atoms with Crippen molar-refractivity contribution in [2.45, 2.75) is 19.2 Å². The Morgan fingerprint density at radius 3 is 2.97 bits per heavy atom. The van der Waals surface area contributed by atoms with Gasteiger partial charge in [0.15, 0.2) is 0 Å². The number of hydrogen-bond acceptors (Lipinski definition) is 7. The minimum Gasteiger partial charge on any atom is -0.473 e. The van der Waals surface area contributed by atoms with Crippen LogP contribution >= 0.6 is 11.6 Å². The van der Waals surface area contributed by atoms with Gasteiger partial charge < -0.3 is 19.1 Å². The first-order chi connectivity index (χ1) is 16.0. The highest BCUT2D eigenvalue weighted by atomic mass is 35.5. The van der Waals surface area contributed by atoms with Crippen LogP contribution < -0.4 is 20.1 Å². The van der Waals surface area contributed by atoms with Crippen LogP contribution in [-0.2, 0) is 17.9 Å². The maximum absolute atomic E-state index is 13.7. The van der Waals surface area contributed by atoms with Crippen LogP contribution in [0.2, 0.25) is 5.02 Å². The number of nitrogens with zero attached hydrogens (tertiary/aromatic N) is 4. The van der Waals surface area contributed by atoms with E-state index in [0.717, 1.165) is 11.9 Å². The second-order valence-corrected chi connectivity index (χ2v) is 8.08. The molecule has 0 aliphatic carbocycles. The van der Waals surface area contributed by atoms with E-state index in [1.165, 1.54) is 12.1 Å². The Hall–Kier alpha value is -3.61. The Labute approximate surface area is 193 Å². The summed E-state index contributed by atoms with van der Waals surface area (Å²) < 4.78 is 32.2. The Morgan fingerprint density at radius 1 is 1.27 bits per heavy atom. The zero-order valence-corrected chi connectivity index (χ0v) is 18.1. The molecule has 3 aromatic rings. The second kappa shape index (κ2) is 8.73. The molecule has 33 heavy (non-hydrogen) atoms. The lowest BCUT2D eigenvalue weighted by Crippen LogP contribution is -2.43. The van der Waals surface area contributed by atoms with Gasteiger partial charge in [-0.05, 0) is 29.8 Å². The predicted molar refractivity (Wildman–Crippen MR) is 117 cm³/mol. The van der Waals surface area contributed by atoms with Gasteiger partial charge in [0.25, 0.3) is 0 Å². The zero-order valence-electron chi connectivity index (χ0n) is 17.3. The van der Waals surface area contributed by atoms with E-state index in [-0.39, 0.29) is 46.3 Å². The molecule has 0 amide bonds. The van der Waals surface area contributed by atoms with Crippen molar-refractivity contribution in [3.63, 3.8) is 0 Å². The third-order valence-corrected chi connectivity index (χ3v) is 5.86. The predicted octanol–water partition coefficient (Wildman–Crippen LogP) is 3.50. The highest BCUT2D eigenvalue weighted by Gasteiger charge is 2.33. The molecule has 0 N–H and O–H groups in total. The molecule has 1 atom stereocenters. The Kier molecular flexibility index (Phi) is 5.62. The van der Waals surface area contributed by atoms with Gasteiger partial charge in [-0.2, -0.15) is 10.2 Å². The fraction of sp³-hybridized carbons (Fsp3) is 0.261. The van der Waals surface area contributed by atoms with Crippen molar-refractivity contribution >= 4 is 17.4 Å². The topological polar surface area (TPSA) is 89.6 Å². The van der Waals surface area contributed by atoms with Crippen LogP contribution in [0, 0.1) is 17.1 Å². The summed E-state index contributed by atoms with van der Waals surface area (Å²) in [6.45, 7) is 2.54. The molecule has 1 aromatic heterocycles. The lowest BCUT2D eigenvalue weighted by atomic mass is 10.1. The van der Waals surface area contributed by atoms with Crippen LogP contribution in [0.4, 0.5) is 10.2 Å². The molecular weight excluding hydrogens is 451 g/mol. The molecule has 1 saturated heterocycles. The number of halogens is 2. The van der Waals surface area contributed by atoms with Gasteiger partial charge in [0.05, 0.1) is 36.4 Å². The van der Waals surface area contributed by atoms with E-state index < -0.39 is 5.82 Å². The zero-order chi connectivity index (χ0) is 22.9. The maximum Gasteiger partial charge on any atom is 0.352 e. The van der Waals surface area contributed by atoms with E-state index in [1.54, 1.807) is 28.8 Å². The summed E-state index contributed by atoms with van der Waals surface area (Å²) in [4.78, 5) is 18.6. The van der Waals surface area contributed by atoms with Gasteiger partial charge in [-0.1, -0.05) is 17.7 Å². The molecule has 5 rings (SSSR count). The monoisotopic (exact) mass is 468 g/mol. The van der Waals surface area contributed by atoms with Crippen LogP contribution in [0.3, 0.4) is 0 Å². The van der Waals surface area contributed by atoms with Gasteiger partial charge >= 0.3 is 5.69 Å². The van der Waals surface area contributed by atoms with Crippen molar-refractivity contribution in [1.82, 2.24) is 9.55 Å². The number of nitriles is 1. The van der Waals surface area contributed by atoms with Crippen LogP contribution in [0.25, 0.3) is 0 Å². The molecule has 0 bridgehead atoms. The van der Waals surface area contributed by atoms with Crippen molar-refractivity contribution in [3.8, 4) is 23.4 Å². The fourth-order valence-electron chi connectivity index (χ4n) is 3.94. The molecular formula is C23H18ClFN4O4. The van der Waals surface area contributed by atoms with Crippen LogP contribution in [-0.4, -0.2) is 35.4 Å². The van der Waals surface area contributed by atoms with Crippen molar-refractivity contribution in [2.24, 2.45) is 0 Å². The molecule has 2 aliphatic heterocycles. The van der Waals surface area contributed by atoms with Crippen molar-refractivity contribution in [3.05, 3.63) is 74.9 Å². The molecule has 8 nitrogen and oxygen atoms in total. The summed E-state index contributed by atoms with van der Waals surface area (Å²) >= 11 is 5.69. The van der Waals surface area contributed by atoms with Gasteiger partial charge in [0.2, 0.25) is 5.88 Å². The first-order valence-corrected chi connectivity index (χ1v) is 10.6. The van der Waals surface area contributed by atoms with E-state index in [9.17, 15) is 14.4 Å². The molecule has 2 aromatic carbocycles. The van der Waals surface area contributed by atoms with Crippen LogP contribution in [0.15, 0.2) is 47.3 Å². The number of ether oxygens (including phenoxy) is 3. The highest BCUT2D eigenvalue weighted by Crippen LogP contribution is 2.30. The van der Waals surface area contributed by atoms with E-state index in [4.69, 9.17) is 25.8 Å². The summed E-state index contributed by atoms with van der Waals surface area (Å²) in [6, 6.07) is 12.9. The molecule has 0 radical (unpaired) electrons. The molecule has 10 heteroatoms. The minimum absolute atomic E-state index is 0.0145. The van der Waals surface area contributed by atoms with Gasteiger partial charge in [0, 0.05) is 18.7 Å². The molecule has 0 spiro atoms. The first-order valence-electron chi connectivity index (χ1n) is 10.3. The Balaban J connectivity index is 1.31. The Morgan fingerprint density at radius 2 is 2.15 bits per heavy atom. The Bertz CT molecular complexity index is 1320. The minimum atomic E-state index is -0.612. The fourth-order valence-corrected chi connectivity index (χ4v) is 4.06. The molecule has 0 saturated carbocycles. The van der Waals surface area contributed by atoms with E-state index >= 15 is 0 Å². The van der Waals surface area contributed by atoms with Gasteiger partial charge in [-0.15, -0.1) is 0 Å². The second-order valence-electron chi connectivity index (χ2n) is 7.68.